The van der Waals surface area contributed by atoms with E-state index >= 15 is 0 Å². The molecule has 110 valence electrons. The third-order valence-corrected chi connectivity index (χ3v) is 2.94. The van der Waals surface area contributed by atoms with Gasteiger partial charge < -0.3 is 5.11 Å². The first-order valence-corrected chi connectivity index (χ1v) is 6.00. The Morgan fingerprint density at radius 3 is 2.57 bits per heavy atom. The molecule has 1 heterocycles. The molecule has 0 aliphatic carbocycles. The number of aromatic nitrogens is 2. The lowest BCUT2D eigenvalue weighted by Crippen LogP contribution is -2.04. The van der Waals surface area contributed by atoms with Gasteiger partial charge in [0.05, 0.1) is 40.3 Å². The summed E-state index contributed by atoms with van der Waals surface area (Å²) >= 11 is 0. The molecule has 9 heteroatoms. The number of hydrogen-bond donors (Lipinski definition) is 1. The van der Waals surface area contributed by atoms with Gasteiger partial charge in [-0.1, -0.05) is 0 Å². The highest BCUT2D eigenvalue weighted by Crippen LogP contribution is 2.25. The highest BCUT2D eigenvalue weighted by atomic mass is 16.6. The van der Waals surface area contributed by atoms with Crippen molar-refractivity contribution >= 4 is 11.4 Å². The lowest BCUT2D eigenvalue weighted by atomic mass is 10.1. The number of non-ortho nitro benzene ring substituents is 1. The molecule has 9 nitrogen and oxygen atoms in total. The van der Waals surface area contributed by atoms with E-state index in [1.165, 1.54) is 23.0 Å². The van der Waals surface area contributed by atoms with Gasteiger partial charge in [-0.2, -0.15) is 5.10 Å². The van der Waals surface area contributed by atoms with Gasteiger partial charge >= 0.3 is 0 Å². The Kier molecular flexibility index (Phi) is 3.94. The highest BCUT2D eigenvalue weighted by molar-refractivity contribution is 5.49. The molecule has 2 aromatic rings. The van der Waals surface area contributed by atoms with E-state index in [1.807, 2.05) is 0 Å². The summed E-state index contributed by atoms with van der Waals surface area (Å²) in [6.45, 7) is 1.66. The fraction of sp³-hybridized carbons (Fsp3) is 0.250. The first-order valence-electron chi connectivity index (χ1n) is 6.00. The Bertz CT molecular complexity index is 695. The number of hydrogen-bond acceptors (Lipinski definition) is 6. The smallest absolute Gasteiger partial charge is 0.281 e. The van der Waals surface area contributed by atoms with Crippen molar-refractivity contribution in [2.24, 2.45) is 0 Å². The van der Waals surface area contributed by atoms with E-state index in [0.29, 0.717) is 11.1 Å². The highest BCUT2D eigenvalue weighted by Gasteiger charge is 2.19. The van der Waals surface area contributed by atoms with Crippen molar-refractivity contribution in [3.63, 3.8) is 0 Å². The topological polar surface area (TPSA) is 124 Å². The molecule has 1 atom stereocenters. The Balaban J connectivity index is 2.34. The van der Waals surface area contributed by atoms with Crippen LogP contribution in [-0.2, 0) is 6.54 Å². The predicted octanol–water partition coefficient (Wildman–Crippen LogP) is 1.80. The number of nitrogens with zero attached hydrogens (tertiary/aromatic N) is 4. The zero-order valence-electron chi connectivity index (χ0n) is 11.0. The van der Waals surface area contributed by atoms with Crippen molar-refractivity contribution in [2.75, 3.05) is 0 Å². The molecule has 1 aromatic heterocycles. The van der Waals surface area contributed by atoms with Crippen LogP contribution in [0.15, 0.2) is 30.6 Å². The monoisotopic (exact) mass is 292 g/mol. The second kappa shape index (κ2) is 5.67. The minimum absolute atomic E-state index is 0.0844. The molecule has 0 bridgehead atoms. The summed E-state index contributed by atoms with van der Waals surface area (Å²) in [5.74, 6) is 0. The van der Waals surface area contributed by atoms with Gasteiger partial charge in [-0.25, -0.2) is 0 Å². The molecule has 0 aliphatic heterocycles. The summed E-state index contributed by atoms with van der Waals surface area (Å²) in [5.41, 5.74) is 0.208. The average molecular weight is 292 g/mol. The van der Waals surface area contributed by atoms with Crippen molar-refractivity contribution in [1.82, 2.24) is 9.78 Å². The maximum atomic E-state index is 11.0. The second-order valence-corrected chi connectivity index (χ2v) is 4.47. The van der Waals surface area contributed by atoms with Crippen LogP contribution in [-0.4, -0.2) is 24.7 Å². The van der Waals surface area contributed by atoms with E-state index in [-0.39, 0.29) is 17.9 Å². The summed E-state index contributed by atoms with van der Waals surface area (Å²) in [6, 6.07) is 3.47. The van der Waals surface area contributed by atoms with E-state index in [2.05, 4.69) is 5.10 Å². The summed E-state index contributed by atoms with van der Waals surface area (Å²) in [5, 5.41) is 35.1. The minimum atomic E-state index is -0.689. The van der Waals surface area contributed by atoms with Gasteiger partial charge in [0.2, 0.25) is 0 Å². The van der Waals surface area contributed by atoms with Crippen molar-refractivity contribution in [3.8, 4) is 0 Å². The molecule has 1 N–H and O–H groups in total. The van der Waals surface area contributed by atoms with Crippen LogP contribution in [0.4, 0.5) is 11.4 Å². The van der Waals surface area contributed by atoms with Crippen LogP contribution in [0.25, 0.3) is 0 Å². The van der Waals surface area contributed by atoms with Crippen molar-refractivity contribution in [1.29, 1.82) is 0 Å². The third-order valence-electron chi connectivity index (χ3n) is 2.94. The number of benzene rings is 1. The van der Waals surface area contributed by atoms with Crippen LogP contribution in [0.5, 0.6) is 0 Å². The second-order valence-electron chi connectivity index (χ2n) is 4.47. The van der Waals surface area contributed by atoms with Crippen LogP contribution in [0, 0.1) is 20.2 Å². The third kappa shape index (κ3) is 3.20. The van der Waals surface area contributed by atoms with Gasteiger partial charge in [-0.15, -0.1) is 0 Å². The molecular weight excluding hydrogens is 280 g/mol. The van der Waals surface area contributed by atoms with Gasteiger partial charge in [0.15, 0.2) is 0 Å². The van der Waals surface area contributed by atoms with E-state index in [9.17, 15) is 25.3 Å². The SMILES string of the molecule is CC(O)c1cnn(Cc2ccc([N+](=O)[O-])cc2[N+](=O)[O-])c1. The molecule has 0 saturated carbocycles. The maximum Gasteiger partial charge on any atom is 0.281 e. The van der Waals surface area contributed by atoms with Gasteiger partial charge in [0.25, 0.3) is 11.4 Å². The Morgan fingerprint density at radius 1 is 1.33 bits per heavy atom. The lowest BCUT2D eigenvalue weighted by Gasteiger charge is -2.04. The Hall–Kier alpha value is -2.81. The summed E-state index contributed by atoms with van der Waals surface area (Å²) in [4.78, 5) is 20.3. The fourth-order valence-electron chi connectivity index (χ4n) is 1.83. The van der Waals surface area contributed by atoms with Gasteiger partial charge in [-0.3, -0.25) is 24.9 Å². The molecule has 0 amide bonds. The van der Waals surface area contributed by atoms with E-state index in [4.69, 9.17) is 0 Å². The fourth-order valence-corrected chi connectivity index (χ4v) is 1.83. The number of rotatable bonds is 5. The molecule has 21 heavy (non-hydrogen) atoms. The predicted molar refractivity (Wildman–Crippen MR) is 71.7 cm³/mol. The maximum absolute atomic E-state index is 11.0. The molecule has 0 radical (unpaired) electrons. The van der Waals surface area contributed by atoms with Gasteiger partial charge in [0, 0.05) is 17.8 Å². The van der Waals surface area contributed by atoms with Gasteiger partial charge in [-0.05, 0) is 13.0 Å². The van der Waals surface area contributed by atoms with Crippen LogP contribution >= 0.6 is 0 Å². The minimum Gasteiger partial charge on any atom is -0.389 e. The van der Waals surface area contributed by atoms with E-state index in [1.54, 1.807) is 13.1 Å². The number of nitro groups is 2. The molecule has 0 fully saturated rings. The molecule has 0 spiro atoms. The average Bonchev–Trinajstić information content (AvgIpc) is 2.87. The normalized spacial score (nSPS) is 12.1. The van der Waals surface area contributed by atoms with Crippen molar-refractivity contribution < 1.29 is 15.0 Å². The molecule has 1 unspecified atom stereocenters. The summed E-state index contributed by atoms with van der Waals surface area (Å²) in [6.07, 6.45) is 2.34. The Morgan fingerprint density at radius 2 is 2.05 bits per heavy atom. The van der Waals surface area contributed by atoms with Crippen LogP contribution in [0.2, 0.25) is 0 Å². The largest absolute Gasteiger partial charge is 0.389 e. The molecule has 1 aromatic carbocycles. The first kappa shape index (κ1) is 14.6. The lowest BCUT2D eigenvalue weighted by molar-refractivity contribution is -0.394. The van der Waals surface area contributed by atoms with Crippen LogP contribution in [0.1, 0.15) is 24.2 Å². The summed E-state index contributed by atoms with van der Waals surface area (Å²) < 4.78 is 1.43. The number of nitro benzene ring substituents is 2. The molecule has 0 saturated heterocycles. The molecular formula is C12H12N4O5. The first-order chi connectivity index (χ1) is 9.88. The zero-order chi connectivity index (χ0) is 15.6. The molecule has 2 rings (SSSR count). The quantitative estimate of drug-likeness (QED) is 0.661. The van der Waals surface area contributed by atoms with Gasteiger partial charge in [0.1, 0.15) is 0 Å². The van der Waals surface area contributed by atoms with E-state index < -0.39 is 16.0 Å². The van der Waals surface area contributed by atoms with Crippen LogP contribution in [0.3, 0.4) is 0 Å². The molecule has 0 aliphatic rings. The number of aliphatic hydroxyl groups is 1. The Labute approximate surface area is 118 Å². The van der Waals surface area contributed by atoms with Crippen molar-refractivity contribution in [3.05, 3.63) is 61.9 Å². The zero-order valence-corrected chi connectivity index (χ0v) is 11.0. The van der Waals surface area contributed by atoms with Crippen molar-refractivity contribution in [2.45, 2.75) is 19.6 Å². The van der Waals surface area contributed by atoms with E-state index in [0.717, 1.165) is 6.07 Å². The van der Waals surface area contributed by atoms with Crippen LogP contribution < -0.4 is 0 Å². The summed E-state index contributed by atoms with van der Waals surface area (Å²) in [7, 11) is 0. The standard InChI is InChI=1S/C12H12N4O5/c1-8(17)10-5-13-14(7-10)6-9-2-3-11(15(18)19)4-12(9)16(20)21/h2-5,7-8,17H,6H2,1H3. The number of aliphatic hydroxyl groups excluding tert-OH is 1.